The van der Waals surface area contributed by atoms with Gasteiger partial charge in [0.05, 0.1) is 16.6 Å². The molecule has 9 heteroatoms. The number of Topliss-reactive ketones (excluding diaryl/α,β-unsaturated/α-hetero) is 1. The second-order valence-electron chi connectivity index (χ2n) is 5.25. The zero-order valence-corrected chi connectivity index (χ0v) is 13.3. The van der Waals surface area contributed by atoms with Crippen LogP contribution in [-0.4, -0.2) is 36.5 Å². The minimum absolute atomic E-state index is 0.141. The molecule has 0 N–H and O–H groups in total. The lowest BCUT2D eigenvalue weighted by Gasteiger charge is -2.18. The van der Waals surface area contributed by atoms with Crippen LogP contribution in [0.3, 0.4) is 0 Å². The zero-order valence-electron chi connectivity index (χ0n) is 13.3. The van der Waals surface area contributed by atoms with Crippen molar-refractivity contribution in [3.05, 3.63) is 63.5 Å². The largest absolute Gasteiger partial charge is 0.486 e. The molecule has 0 unspecified atom stereocenters. The lowest BCUT2D eigenvalue weighted by atomic mass is 10.1. The highest BCUT2D eigenvalue weighted by molar-refractivity contribution is 6.00. The molecule has 0 aliphatic carbocycles. The summed E-state index contributed by atoms with van der Waals surface area (Å²) in [4.78, 5) is 34.6. The SMILES string of the molecule is O=C(COC(=O)c1cc2c(cc1[N+](=O)[O-])OCCO2)c1ccccc1F. The van der Waals surface area contributed by atoms with Gasteiger partial charge in [-0.1, -0.05) is 12.1 Å². The van der Waals surface area contributed by atoms with Crippen LogP contribution in [0.25, 0.3) is 0 Å². The van der Waals surface area contributed by atoms with E-state index in [0.29, 0.717) is 0 Å². The zero-order chi connectivity index (χ0) is 18.7. The van der Waals surface area contributed by atoms with Crippen molar-refractivity contribution in [2.75, 3.05) is 19.8 Å². The number of esters is 1. The number of ketones is 1. The Morgan fingerprint density at radius 2 is 1.77 bits per heavy atom. The average molecular weight is 361 g/mol. The van der Waals surface area contributed by atoms with Gasteiger partial charge in [0.1, 0.15) is 24.6 Å². The highest BCUT2D eigenvalue weighted by Gasteiger charge is 2.28. The first-order valence-electron chi connectivity index (χ1n) is 7.50. The van der Waals surface area contributed by atoms with E-state index in [0.717, 1.165) is 18.2 Å². The van der Waals surface area contributed by atoms with Crippen LogP contribution in [0.4, 0.5) is 10.1 Å². The van der Waals surface area contributed by atoms with E-state index >= 15 is 0 Å². The molecule has 0 bridgehead atoms. The molecule has 0 amide bonds. The number of rotatable bonds is 5. The maximum absolute atomic E-state index is 13.6. The summed E-state index contributed by atoms with van der Waals surface area (Å²) in [6.07, 6.45) is 0. The Kier molecular flexibility index (Phi) is 4.78. The maximum Gasteiger partial charge on any atom is 0.345 e. The number of nitro benzene ring substituents is 1. The number of carbonyl (C=O) groups excluding carboxylic acids is 2. The molecule has 0 spiro atoms. The van der Waals surface area contributed by atoms with Crippen molar-refractivity contribution in [2.24, 2.45) is 0 Å². The first-order valence-corrected chi connectivity index (χ1v) is 7.50. The summed E-state index contributed by atoms with van der Waals surface area (Å²) in [6, 6.07) is 7.41. The van der Waals surface area contributed by atoms with E-state index in [1.165, 1.54) is 18.2 Å². The van der Waals surface area contributed by atoms with Gasteiger partial charge in [-0.15, -0.1) is 0 Å². The Morgan fingerprint density at radius 3 is 2.42 bits per heavy atom. The molecule has 0 radical (unpaired) electrons. The van der Waals surface area contributed by atoms with Crippen molar-refractivity contribution in [2.45, 2.75) is 0 Å². The van der Waals surface area contributed by atoms with Gasteiger partial charge in [-0.3, -0.25) is 14.9 Å². The third kappa shape index (κ3) is 3.46. The van der Waals surface area contributed by atoms with Gasteiger partial charge >= 0.3 is 5.97 Å². The summed E-state index contributed by atoms with van der Waals surface area (Å²) in [5, 5.41) is 11.2. The van der Waals surface area contributed by atoms with Crippen molar-refractivity contribution >= 4 is 17.4 Å². The van der Waals surface area contributed by atoms with Crippen molar-refractivity contribution < 1.29 is 33.1 Å². The van der Waals surface area contributed by atoms with E-state index in [2.05, 4.69) is 0 Å². The van der Waals surface area contributed by atoms with Gasteiger partial charge in [0.2, 0.25) is 5.78 Å². The smallest absolute Gasteiger partial charge is 0.345 e. The number of nitro groups is 1. The minimum Gasteiger partial charge on any atom is -0.486 e. The molecule has 1 aliphatic heterocycles. The number of benzene rings is 2. The number of halogens is 1. The Bertz CT molecular complexity index is 897. The van der Waals surface area contributed by atoms with Crippen LogP contribution < -0.4 is 9.47 Å². The summed E-state index contributed by atoms with van der Waals surface area (Å²) in [5.74, 6) is -2.31. The molecular weight excluding hydrogens is 349 g/mol. The van der Waals surface area contributed by atoms with Gasteiger partial charge in [-0.25, -0.2) is 9.18 Å². The lowest BCUT2D eigenvalue weighted by Crippen LogP contribution is -2.19. The molecule has 134 valence electrons. The van der Waals surface area contributed by atoms with Gasteiger partial charge < -0.3 is 14.2 Å². The van der Waals surface area contributed by atoms with E-state index in [9.17, 15) is 24.1 Å². The van der Waals surface area contributed by atoms with Crippen molar-refractivity contribution in [3.63, 3.8) is 0 Å². The summed E-state index contributed by atoms with van der Waals surface area (Å²) in [6.45, 7) is -0.304. The quantitative estimate of drug-likeness (QED) is 0.349. The molecule has 8 nitrogen and oxygen atoms in total. The highest BCUT2D eigenvalue weighted by atomic mass is 19.1. The van der Waals surface area contributed by atoms with Crippen LogP contribution in [0.15, 0.2) is 36.4 Å². The lowest BCUT2D eigenvalue weighted by molar-refractivity contribution is -0.385. The number of hydrogen-bond donors (Lipinski definition) is 0. The van der Waals surface area contributed by atoms with Gasteiger partial charge in [0.25, 0.3) is 5.69 Å². The molecule has 2 aromatic rings. The average Bonchev–Trinajstić information content (AvgIpc) is 2.65. The summed E-state index contributed by atoms with van der Waals surface area (Å²) in [7, 11) is 0. The monoisotopic (exact) mass is 361 g/mol. The first kappa shape index (κ1) is 17.3. The Hall–Kier alpha value is -3.49. The number of ether oxygens (including phenoxy) is 3. The van der Waals surface area contributed by atoms with Crippen molar-refractivity contribution in [1.29, 1.82) is 0 Å². The molecule has 0 atom stereocenters. The minimum atomic E-state index is -1.10. The van der Waals surface area contributed by atoms with E-state index in [1.807, 2.05) is 0 Å². The molecule has 26 heavy (non-hydrogen) atoms. The third-order valence-electron chi connectivity index (χ3n) is 3.59. The topological polar surface area (TPSA) is 105 Å². The summed E-state index contributed by atoms with van der Waals surface area (Å²) in [5.41, 5.74) is -1.17. The number of fused-ring (bicyclic) bond motifs is 1. The molecule has 1 aliphatic rings. The number of carbonyl (C=O) groups is 2. The van der Waals surface area contributed by atoms with Gasteiger partial charge in [-0.05, 0) is 12.1 Å². The van der Waals surface area contributed by atoms with Crippen molar-refractivity contribution in [1.82, 2.24) is 0 Å². The third-order valence-corrected chi connectivity index (χ3v) is 3.59. The van der Waals surface area contributed by atoms with E-state index in [4.69, 9.17) is 14.2 Å². The van der Waals surface area contributed by atoms with Gasteiger partial charge in [0.15, 0.2) is 18.1 Å². The molecule has 1 heterocycles. The molecule has 3 rings (SSSR count). The Balaban J connectivity index is 1.80. The molecule has 0 saturated heterocycles. The number of hydrogen-bond acceptors (Lipinski definition) is 7. The first-order chi connectivity index (χ1) is 12.5. The standard InChI is InChI=1S/C17H12FNO7/c18-12-4-2-1-3-10(12)14(20)9-26-17(21)11-7-15-16(25-6-5-24-15)8-13(11)19(22)23/h1-4,7-8H,5-6,9H2. The second kappa shape index (κ2) is 7.18. The van der Waals surface area contributed by atoms with Gasteiger partial charge in [-0.2, -0.15) is 0 Å². The van der Waals surface area contributed by atoms with E-state index < -0.39 is 34.8 Å². The molecule has 2 aromatic carbocycles. The summed E-state index contributed by atoms with van der Waals surface area (Å²) < 4.78 is 28.9. The number of nitrogens with zero attached hydrogens (tertiary/aromatic N) is 1. The Labute approximate surface area is 146 Å². The normalized spacial score (nSPS) is 12.3. The van der Waals surface area contributed by atoms with E-state index in [1.54, 1.807) is 0 Å². The van der Waals surface area contributed by atoms with Crippen LogP contribution >= 0.6 is 0 Å². The van der Waals surface area contributed by atoms with Crippen molar-refractivity contribution in [3.8, 4) is 11.5 Å². The van der Waals surface area contributed by atoms with Crippen LogP contribution in [0.5, 0.6) is 11.5 Å². The fraction of sp³-hybridized carbons (Fsp3) is 0.176. The van der Waals surface area contributed by atoms with Crippen LogP contribution in [0.1, 0.15) is 20.7 Å². The van der Waals surface area contributed by atoms with Crippen LogP contribution in [-0.2, 0) is 4.74 Å². The summed E-state index contributed by atoms with van der Waals surface area (Å²) >= 11 is 0. The van der Waals surface area contributed by atoms with Crippen LogP contribution in [0, 0.1) is 15.9 Å². The molecule has 0 saturated carbocycles. The van der Waals surface area contributed by atoms with E-state index in [-0.39, 0.29) is 35.8 Å². The molecular formula is C17H12FNO7. The predicted octanol–water partition coefficient (Wildman–Crippen LogP) is 2.54. The molecule has 0 fully saturated rings. The Morgan fingerprint density at radius 1 is 1.12 bits per heavy atom. The molecule has 0 aromatic heterocycles. The predicted molar refractivity (Wildman–Crippen MR) is 85.1 cm³/mol. The fourth-order valence-corrected chi connectivity index (χ4v) is 2.37. The van der Waals surface area contributed by atoms with Crippen LogP contribution in [0.2, 0.25) is 0 Å². The van der Waals surface area contributed by atoms with Gasteiger partial charge in [0, 0.05) is 6.07 Å². The maximum atomic E-state index is 13.6. The fourth-order valence-electron chi connectivity index (χ4n) is 2.37. The second-order valence-corrected chi connectivity index (χ2v) is 5.25. The highest BCUT2D eigenvalue weighted by Crippen LogP contribution is 2.36.